The predicted molar refractivity (Wildman–Crippen MR) is 130 cm³/mol. The second-order valence-corrected chi connectivity index (χ2v) is 12.4. The highest BCUT2D eigenvalue weighted by Crippen LogP contribution is 2.33. The van der Waals surface area contributed by atoms with Gasteiger partial charge in [-0.05, 0) is 50.5 Å². The third-order valence-electron chi connectivity index (χ3n) is 4.55. The van der Waals surface area contributed by atoms with Crippen LogP contribution in [0.1, 0.15) is 10.4 Å². The first kappa shape index (κ1) is 26.2. The van der Waals surface area contributed by atoms with E-state index in [4.69, 9.17) is 0 Å². The molecule has 0 fully saturated rings. The number of carbonyl (C=O) groups excluding carboxylic acids is 1. The monoisotopic (exact) mass is 517 g/mol. The number of likely N-dealkylation sites (N-methyl/N-ethyl adjacent to an activating group) is 1. The van der Waals surface area contributed by atoms with E-state index in [1.54, 1.807) is 12.1 Å². The van der Waals surface area contributed by atoms with Crippen molar-refractivity contribution in [3.8, 4) is 0 Å². The average Bonchev–Trinajstić information content (AvgIpc) is 3.10. The fourth-order valence-electron chi connectivity index (χ4n) is 2.91. The number of amides is 1. The van der Waals surface area contributed by atoms with Crippen molar-refractivity contribution in [2.24, 2.45) is 0 Å². The molecule has 1 amide bonds. The minimum Gasteiger partial charge on any atom is -0.308 e. The summed E-state index contributed by atoms with van der Waals surface area (Å²) < 4.78 is 48.3. The molecule has 32 heavy (non-hydrogen) atoms. The molecular formula is C20H24ClN3O5S3. The Morgan fingerprint density at radius 3 is 2.09 bits per heavy atom. The molecule has 0 bridgehead atoms. The van der Waals surface area contributed by atoms with Gasteiger partial charge in [-0.1, -0.05) is 17.4 Å². The van der Waals surface area contributed by atoms with Gasteiger partial charge in [-0.2, -0.15) is 0 Å². The number of aromatic nitrogens is 1. The third-order valence-corrected chi connectivity index (χ3v) is 7.85. The van der Waals surface area contributed by atoms with E-state index in [1.165, 1.54) is 46.6 Å². The lowest BCUT2D eigenvalue weighted by Gasteiger charge is -2.22. The van der Waals surface area contributed by atoms with Gasteiger partial charge in [-0.25, -0.2) is 21.8 Å². The summed E-state index contributed by atoms with van der Waals surface area (Å²) in [5.41, 5.74) is 0.647. The summed E-state index contributed by atoms with van der Waals surface area (Å²) in [4.78, 5) is 21.4. The van der Waals surface area contributed by atoms with Crippen molar-refractivity contribution in [2.75, 3.05) is 44.6 Å². The van der Waals surface area contributed by atoms with Crippen LogP contribution in [0.15, 0.2) is 52.3 Å². The van der Waals surface area contributed by atoms with Gasteiger partial charge in [-0.3, -0.25) is 9.69 Å². The number of anilines is 1. The lowest BCUT2D eigenvalue weighted by Crippen LogP contribution is -2.36. The van der Waals surface area contributed by atoms with E-state index in [0.717, 1.165) is 12.5 Å². The molecule has 0 aliphatic carbocycles. The molecule has 0 radical (unpaired) electrons. The molecule has 0 aliphatic rings. The normalized spacial score (nSPS) is 12.0. The Morgan fingerprint density at radius 1 is 0.938 bits per heavy atom. The van der Waals surface area contributed by atoms with E-state index in [0.29, 0.717) is 34.0 Å². The van der Waals surface area contributed by atoms with E-state index in [9.17, 15) is 21.6 Å². The number of fused-ring (bicyclic) bond motifs is 1. The molecule has 3 rings (SSSR count). The summed E-state index contributed by atoms with van der Waals surface area (Å²) in [6.07, 6.45) is 2.23. The Bertz CT molecular complexity index is 1330. The van der Waals surface area contributed by atoms with Gasteiger partial charge >= 0.3 is 0 Å². The van der Waals surface area contributed by atoms with E-state index < -0.39 is 19.7 Å². The number of para-hydroxylation sites is 1. The van der Waals surface area contributed by atoms with E-state index in [-0.39, 0.29) is 28.1 Å². The first-order chi connectivity index (χ1) is 14.4. The van der Waals surface area contributed by atoms with Gasteiger partial charge in [0.1, 0.15) is 5.52 Å². The zero-order valence-electron chi connectivity index (χ0n) is 18.0. The van der Waals surface area contributed by atoms with Crippen LogP contribution in [0, 0.1) is 0 Å². The number of carbonyl (C=O) groups is 1. The maximum atomic E-state index is 13.3. The fraction of sp³-hybridized carbons (Fsp3) is 0.300. The number of rotatable bonds is 7. The molecular weight excluding hydrogens is 494 g/mol. The van der Waals surface area contributed by atoms with Crippen molar-refractivity contribution in [2.45, 2.75) is 9.79 Å². The van der Waals surface area contributed by atoms with Crippen LogP contribution < -0.4 is 4.90 Å². The molecule has 174 valence electrons. The van der Waals surface area contributed by atoms with Crippen LogP contribution in [0.3, 0.4) is 0 Å². The zero-order valence-corrected chi connectivity index (χ0v) is 21.2. The Kier molecular flexibility index (Phi) is 8.05. The number of hydrogen-bond donors (Lipinski definition) is 0. The van der Waals surface area contributed by atoms with Crippen molar-refractivity contribution in [1.29, 1.82) is 0 Å². The Morgan fingerprint density at radius 2 is 1.56 bits per heavy atom. The number of nitrogens with zero attached hydrogens (tertiary/aromatic N) is 3. The van der Waals surface area contributed by atoms with E-state index in [2.05, 4.69) is 4.98 Å². The molecule has 0 spiro atoms. The second kappa shape index (κ2) is 9.84. The topological polar surface area (TPSA) is 105 Å². The fourth-order valence-corrected chi connectivity index (χ4v) is 5.46. The van der Waals surface area contributed by atoms with Crippen LogP contribution in [0.25, 0.3) is 10.2 Å². The molecule has 0 saturated heterocycles. The summed E-state index contributed by atoms with van der Waals surface area (Å²) in [5, 5.41) is 0.380. The van der Waals surface area contributed by atoms with Crippen molar-refractivity contribution in [1.82, 2.24) is 9.88 Å². The summed E-state index contributed by atoms with van der Waals surface area (Å²) in [6.45, 7) is 0.885. The second-order valence-electron chi connectivity index (χ2n) is 7.43. The van der Waals surface area contributed by atoms with Crippen LogP contribution in [-0.2, 0) is 19.7 Å². The highest BCUT2D eigenvalue weighted by atomic mass is 35.5. The average molecular weight is 518 g/mol. The molecule has 0 N–H and O–H groups in total. The number of sulfone groups is 2. The van der Waals surface area contributed by atoms with Crippen LogP contribution >= 0.6 is 23.7 Å². The number of hydrogen-bond acceptors (Lipinski definition) is 8. The third kappa shape index (κ3) is 5.84. The highest BCUT2D eigenvalue weighted by molar-refractivity contribution is 7.91. The molecule has 3 aromatic rings. The van der Waals surface area contributed by atoms with Crippen LogP contribution in [-0.4, -0.2) is 72.3 Å². The lowest BCUT2D eigenvalue weighted by molar-refractivity contribution is 0.0985. The largest absolute Gasteiger partial charge is 0.308 e. The molecule has 1 heterocycles. The van der Waals surface area contributed by atoms with Crippen molar-refractivity contribution < 1.29 is 21.6 Å². The van der Waals surface area contributed by atoms with E-state index >= 15 is 0 Å². The van der Waals surface area contributed by atoms with Gasteiger partial charge < -0.3 is 4.90 Å². The summed E-state index contributed by atoms with van der Waals surface area (Å²) in [5.74, 6) is -0.345. The highest BCUT2D eigenvalue weighted by Gasteiger charge is 2.24. The number of thiazole rings is 1. The molecule has 1 aromatic heterocycles. The Labute approximate surface area is 198 Å². The van der Waals surface area contributed by atoms with Gasteiger partial charge in [0.15, 0.2) is 24.8 Å². The van der Waals surface area contributed by atoms with Crippen LogP contribution in [0.4, 0.5) is 5.13 Å². The zero-order chi connectivity index (χ0) is 23.0. The van der Waals surface area contributed by atoms with Gasteiger partial charge in [-0.15, -0.1) is 12.4 Å². The summed E-state index contributed by atoms with van der Waals surface area (Å²) in [6, 6.07) is 10.6. The lowest BCUT2D eigenvalue weighted by atomic mass is 10.2. The predicted octanol–water partition coefficient (Wildman–Crippen LogP) is 2.73. The molecule has 0 saturated carbocycles. The quantitative estimate of drug-likeness (QED) is 0.474. The molecule has 0 unspecified atom stereocenters. The maximum absolute atomic E-state index is 13.3. The van der Waals surface area contributed by atoms with Crippen LogP contribution in [0.5, 0.6) is 0 Å². The smallest absolute Gasteiger partial charge is 0.260 e. The number of benzene rings is 2. The van der Waals surface area contributed by atoms with Gasteiger partial charge in [0.2, 0.25) is 0 Å². The number of halogens is 1. The Hall–Kier alpha value is -2.05. The van der Waals surface area contributed by atoms with Crippen molar-refractivity contribution >= 4 is 64.7 Å². The van der Waals surface area contributed by atoms with Crippen LogP contribution in [0.2, 0.25) is 0 Å². The SMILES string of the molecule is CN(C)CCN(C(=O)c1ccc(S(C)(=O)=O)cc1)c1nc2c(S(C)(=O)=O)cccc2s1.Cl. The standard InChI is InChI=1S/C20H23N3O5S3.ClH/c1-22(2)12-13-23(19(24)14-8-10-15(11-9-14)30(3,25)26)20-21-18-16(29-20)6-5-7-17(18)31(4,27)28;/h5-11H,12-13H2,1-4H3;1H. The minimum absolute atomic E-state index is 0. The van der Waals surface area contributed by atoms with E-state index in [1.807, 2.05) is 19.0 Å². The maximum Gasteiger partial charge on any atom is 0.260 e. The van der Waals surface area contributed by atoms with Gasteiger partial charge in [0, 0.05) is 31.2 Å². The molecule has 8 nitrogen and oxygen atoms in total. The summed E-state index contributed by atoms with van der Waals surface area (Å²) in [7, 11) is -3.10. The van der Waals surface area contributed by atoms with Crippen molar-refractivity contribution in [3.05, 3.63) is 48.0 Å². The molecule has 0 atom stereocenters. The molecule has 2 aromatic carbocycles. The molecule has 0 aliphatic heterocycles. The minimum atomic E-state index is -3.48. The summed E-state index contributed by atoms with van der Waals surface area (Å²) >= 11 is 1.23. The molecule has 12 heteroatoms. The first-order valence-electron chi connectivity index (χ1n) is 9.24. The van der Waals surface area contributed by atoms with Gasteiger partial charge in [0.25, 0.3) is 5.91 Å². The van der Waals surface area contributed by atoms with Crippen molar-refractivity contribution in [3.63, 3.8) is 0 Å². The Balaban J connectivity index is 0.00000363. The first-order valence-corrected chi connectivity index (χ1v) is 13.8. The van der Waals surface area contributed by atoms with Gasteiger partial charge in [0.05, 0.1) is 14.5 Å².